The quantitative estimate of drug-likeness (QED) is 0.226. The van der Waals surface area contributed by atoms with Crippen molar-refractivity contribution in [2.45, 2.75) is 0 Å². The molecule has 1 aromatic heterocycles. The van der Waals surface area contributed by atoms with Crippen molar-refractivity contribution in [3.05, 3.63) is 69.7 Å². The molecule has 2 aromatic carbocycles. The maximum Gasteiger partial charge on any atom is 0.269 e. The standard InChI is InChI=1S/C16H15N7O3/c1-20(2)12-3-5-13(6-4-12)21(24)11-16-17-19-22(18-16)14-7-9-15(10-8-14)23(25)26/h3-11H,1-2H3/b21-11+. The fourth-order valence-corrected chi connectivity index (χ4v) is 2.17. The van der Waals surface area contributed by atoms with Crippen molar-refractivity contribution < 1.29 is 9.66 Å². The average Bonchev–Trinajstić information content (AvgIpc) is 3.10. The Morgan fingerprint density at radius 3 is 2.19 bits per heavy atom. The zero-order chi connectivity index (χ0) is 18.7. The van der Waals surface area contributed by atoms with Crippen LogP contribution in [0.5, 0.6) is 0 Å². The molecule has 0 amide bonds. The van der Waals surface area contributed by atoms with Gasteiger partial charge in [-0.1, -0.05) is 0 Å². The number of rotatable bonds is 5. The maximum absolute atomic E-state index is 12.2. The Kier molecular flexibility index (Phi) is 4.56. The minimum atomic E-state index is -0.491. The second-order valence-electron chi connectivity index (χ2n) is 5.58. The van der Waals surface area contributed by atoms with Crippen molar-refractivity contribution in [3.8, 4) is 5.69 Å². The topological polar surface area (TPSA) is 116 Å². The first kappa shape index (κ1) is 17.0. The van der Waals surface area contributed by atoms with Gasteiger partial charge in [-0.15, -0.1) is 15.0 Å². The number of nitrogens with zero attached hydrogens (tertiary/aromatic N) is 7. The minimum Gasteiger partial charge on any atom is -0.618 e. The first-order valence-corrected chi connectivity index (χ1v) is 7.57. The number of nitro groups is 1. The summed E-state index contributed by atoms with van der Waals surface area (Å²) in [5.74, 6) is 0.120. The number of hydrogen-bond donors (Lipinski definition) is 0. The van der Waals surface area contributed by atoms with E-state index < -0.39 is 4.92 Å². The van der Waals surface area contributed by atoms with E-state index in [2.05, 4.69) is 15.4 Å². The van der Waals surface area contributed by atoms with Crippen LogP contribution in [0.2, 0.25) is 0 Å². The van der Waals surface area contributed by atoms with E-state index in [1.54, 1.807) is 12.1 Å². The normalized spacial score (nSPS) is 11.4. The van der Waals surface area contributed by atoms with E-state index in [-0.39, 0.29) is 11.5 Å². The predicted octanol–water partition coefficient (Wildman–Crippen LogP) is 1.90. The Morgan fingerprint density at radius 1 is 1.00 bits per heavy atom. The Bertz CT molecular complexity index is 947. The Balaban J connectivity index is 1.80. The highest BCUT2D eigenvalue weighted by Gasteiger charge is 2.10. The van der Waals surface area contributed by atoms with Gasteiger partial charge in [-0.3, -0.25) is 10.1 Å². The highest BCUT2D eigenvalue weighted by molar-refractivity contribution is 5.70. The number of benzene rings is 2. The van der Waals surface area contributed by atoms with Crippen molar-refractivity contribution in [2.24, 2.45) is 0 Å². The second kappa shape index (κ2) is 6.97. The molecule has 0 unspecified atom stereocenters. The van der Waals surface area contributed by atoms with Gasteiger partial charge >= 0.3 is 0 Å². The third kappa shape index (κ3) is 3.64. The number of anilines is 1. The van der Waals surface area contributed by atoms with E-state index in [0.29, 0.717) is 16.1 Å². The lowest BCUT2D eigenvalue weighted by molar-refractivity contribution is -0.384. The molecule has 0 aliphatic heterocycles. The Morgan fingerprint density at radius 2 is 1.62 bits per heavy atom. The van der Waals surface area contributed by atoms with Crippen LogP contribution in [0.4, 0.5) is 17.1 Å². The molecule has 132 valence electrons. The summed E-state index contributed by atoms with van der Waals surface area (Å²) in [6, 6.07) is 12.7. The number of aromatic nitrogens is 4. The van der Waals surface area contributed by atoms with Gasteiger partial charge in [0.2, 0.25) is 11.9 Å². The lowest BCUT2D eigenvalue weighted by Gasteiger charge is -2.11. The van der Waals surface area contributed by atoms with Gasteiger partial charge < -0.3 is 10.1 Å². The third-order valence-corrected chi connectivity index (χ3v) is 3.57. The van der Waals surface area contributed by atoms with Crippen molar-refractivity contribution in [1.29, 1.82) is 0 Å². The van der Waals surface area contributed by atoms with Crippen LogP contribution in [0.3, 0.4) is 0 Å². The lowest BCUT2D eigenvalue weighted by Crippen LogP contribution is -2.08. The van der Waals surface area contributed by atoms with Crippen molar-refractivity contribution in [3.63, 3.8) is 0 Å². The predicted molar refractivity (Wildman–Crippen MR) is 95.0 cm³/mol. The number of nitro benzene ring substituents is 1. The summed E-state index contributed by atoms with van der Waals surface area (Å²) in [5, 5.41) is 34.6. The first-order chi connectivity index (χ1) is 12.4. The van der Waals surface area contributed by atoms with Gasteiger partial charge in [-0.2, -0.15) is 4.74 Å². The molecule has 0 saturated carbocycles. The number of non-ortho nitro benzene ring substituents is 1. The number of hydrogen-bond acceptors (Lipinski definition) is 7. The molecule has 0 bridgehead atoms. The van der Waals surface area contributed by atoms with Crippen LogP contribution in [-0.2, 0) is 0 Å². The van der Waals surface area contributed by atoms with E-state index in [4.69, 9.17) is 0 Å². The van der Waals surface area contributed by atoms with Crippen LogP contribution in [0.1, 0.15) is 5.82 Å². The molecule has 0 radical (unpaired) electrons. The van der Waals surface area contributed by atoms with Crippen molar-refractivity contribution >= 4 is 23.3 Å². The van der Waals surface area contributed by atoms with Gasteiger partial charge in [0.25, 0.3) is 11.5 Å². The summed E-state index contributed by atoms with van der Waals surface area (Å²) in [5.41, 5.74) is 1.87. The van der Waals surface area contributed by atoms with Crippen LogP contribution in [0, 0.1) is 15.3 Å². The molecule has 0 atom stereocenters. The zero-order valence-electron chi connectivity index (χ0n) is 14.1. The molecule has 0 saturated heterocycles. The fourth-order valence-electron chi connectivity index (χ4n) is 2.17. The third-order valence-electron chi connectivity index (χ3n) is 3.57. The average molecular weight is 353 g/mol. The summed E-state index contributed by atoms with van der Waals surface area (Å²) in [4.78, 5) is 13.3. The van der Waals surface area contributed by atoms with Crippen LogP contribution in [0.15, 0.2) is 48.5 Å². The molecule has 10 nitrogen and oxygen atoms in total. The van der Waals surface area contributed by atoms with Gasteiger partial charge in [0.05, 0.1) is 10.6 Å². The van der Waals surface area contributed by atoms with Crippen LogP contribution >= 0.6 is 0 Å². The minimum absolute atomic E-state index is 0.0347. The van der Waals surface area contributed by atoms with Gasteiger partial charge in [-0.25, -0.2) is 0 Å². The Labute approximate surface area is 148 Å². The van der Waals surface area contributed by atoms with E-state index >= 15 is 0 Å². The summed E-state index contributed by atoms with van der Waals surface area (Å²) in [6.07, 6.45) is 1.21. The molecule has 10 heteroatoms. The van der Waals surface area contributed by atoms with Crippen LogP contribution < -0.4 is 4.90 Å². The van der Waals surface area contributed by atoms with E-state index in [1.165, 1.54) is 35.3 Å². The molecule has 1 heterocycles. The monoisotopic (exact) mass is 353 g/mol. The fraction of sp³-hybridized carbons (Fsp3) is 0.125. The molecular formula is C16H15N7O3. The van der Waals surface area contributed by atoms with Gasteiger partial charge in [0.1, 0.15) is 0 Å². The zero-order valence-corrected chi connectivity index (χ0v) is 14.1. The molecule has 0 N–H and O–H groups in total. The molecule has 3 aromatic rings. The Hall–Kier alpha value is -3.82. The lowest BCUT2D eigenvalue weighted by atomic mass is 10.2. The van der Waals surface area contributed by atoms with Gasteiger partial charge in [-0.05, 0) is 29.5 Å². The largest absolute Gasteiger partial charge is 0.618 e. The molecule has 3 rings (SSSR count). The molecular weight excluding hydrogens is 338 g/mol. The maximum atomic E-state index is 12.2. The van der Waals surface area contributed by atoms with Crippen LogP contribution in [0.25, 0.3) is 5.69 Å². The second-order valence-corrected chi connectivity index (χ2v) is 5.58. The van der Waals surface area contributed by atoms with E-state index in [1.807, 2.05) is 31.1 Å². The summed E-state index contributed by atoms with van der Waals surface area (Å²) < 4.78 is 0.649. The molecule has 0 spiro atoms. The summed E-state index contributed by atoms with van der Waals surface area (Å²) in [6.45, 7) is 0. The molecule has 26 heavy (non-hydrogen) atoms. The molecule has 0 aliphatic carbocycles. The van der Waals surface area contributed by atoms with Crippen molar-refractivity contribution in [1.82, 2.24) is 20.2 Å². The smallest absolute Gasteiger partial charge is 0.269 e. The van der Waals surface area contributed by atoms with Crippen LogP contribution in [-0.4, -0.2) is 50.2 Å². The molecule has 0 aliphatic rings. The van der Waals surface area contributed by atoms with E-state index in [0.717, 1.165) is 5.69 Å². The SMILES string of the molecule is CN(C)c1ccc(/[N+]([O-])=C\c2nnn(-c3ccc([N+](=O)[O-])cc3)n2)cc1. The first-order valence-electron chi connectivity index (χ1n) is 7.57. The van der Waals surface area contributed by atoms with Gasteiger partial charge in [0.15, 0.2) is 0 Å². The summed E-state index contributed by atoms with van der Waals surface area (Å²) in [7, 11) is 3.83. The van der Waals surface area contributed by atoms with Gasteiger partial charge in [0, 0.05) is 44.0 Å². The van der Waals surface area contributed by atoms with E-state index in [9.17, 15) is 15.3 Å². The van der Waals surface area contributed by atoms with Crippen molar-refractivity contribution in [2.75, 3.05) is 19.0 Å². The summed E-state index contributed by atoms with van der Waals surface area (Å²) >= 11 is 0. The highest BCUT2D eigenvalue weighted by atomic mass is 16.6. The molecule has 0 fully saturated rings. The highest BCUT2D eigenvalue weighted by Crippen LogP contribution is 2.17. The number of tetrazole rings is 1.